The van der Waals surface area contributed by atoms with E-state index in [-0.39, 0.29) is 5.91 Å². The zero-order valence-corrected chi connectivity index (χ0v) is 19.7. The van der Waals surface area contributed by atoms with Gasteiger partial charge in [0, 0.05) is 17.0 Å². The maximum Gasteiger partial charge on any atom is 0.250 e. The molecule has 0 fully saturated rings. The molecule has 0 bridgehead atoms. The molecular weight excluding hydrogens is 448 g/mol. The molecule has 0 saturated heterocycles. The summed E-state index contributed by atoms with van der Waals surface area (Å²) in [4.78, 5) is 16.9. The highest BCUT2D eigenvalue weighted by atomic mass is 32.1. The van der Waals surface area contributed by atoms with Gasteiger partial charge in [0.1, 0.15) is 12.4 Å². The summed E-state index contributed by atoms with van der Waals surface area (Å²) in [5.41, 5.74) is 3.64. The van der Waals surface area contributed by atoms with Crippen molar-refractivity contribution in [3.8, 4) is 28.5 Å². The number of hydrogen-bond donors (Lipinski definition) is 1. The monoisotopic (exact) mass is 472 g/mol. The number of hydrogen-bond acceptors (Lipinski definition) is 6. The van der Waals surface area contributed by atoms with Crippen molar-refractivity contribution in [1.29, 1.82) is 0 Å². The highest BCUT2D eigenvalue weighted by molar-refractivity contribution is 7.14. The zero-order valence-electron chi connectivity index (χ0n) is 18.9. The molecule has 172 valence electrons. The number of aromatic nitrogens is 1. The topological polar surface area (TPSA) is 69.7 Å². The lowest BCUT2D eigenvalue weighted by Gasteiger charge is -2.11. The summed E-state index contributed by atoms with van der Waals surface area (Å²) >= 11 is 1.37. The van der Waals surface area contributed by atoms with Crippen LogP contribution in [0.5, 0.6) is 17.2 Å². The zero-order chi connectivity index (χ0) is 23.8. The summed E-state index contributed by atoms with van der Waals surface area (Å²) in [7, 11) is 3.22. The number of thiazole rings is 1. The van der Waals surface area contributed by atoms with E-state index in [1.807, 2.05) is 78.2 Å². The molecule has 34 heavy (non-hydrogen) atoms. The Bertz CT molecular complexity index is 1270. The van der Waals surface area contributed by atoms with Gasteiger partial charge in [0.15, 0.2) is 16.6 Å². The van der Waals surface area contributed by atoms with Gasteiger partial charge < -0.3 is 14.2 Å². The third kappa shape index (κ3) is 6.02. The average molecular weight is 473 g/mol. The molecule has 0 aliphatic carbocycles. The molecular formula is C27H24N2O4S. The minimum atomic E-state index is -0.265. The lowest BCUT2D eigenvalue weighted by Crippen LogP contribution is -2.07. The number of carbonyl (C=O) groups excluding carboxylic acids is 1. The highest BCUT2D eigenvalue weighted by Gasteiger charge is 2.08. The van der Waals surface area contributed by atoms with Gasteiger partial charge in [0.2, 0.25) is 5.91 Å². The third-order valence-electron chi connectivity index (χ3n) is 4.97. The molecule has 1 amide bonds. The number of methoxy groups -OCH3 is 2. The maximum absolute atomic E-state index is 12.4. The third-order valence-corrected chi connectivity index (χ3v) is 5.73. The minimum Gasteiger partial charge on any atom is -0.497 e. The van der Waals surface area contributed by atoms with Crippen LogP contribution >= 0.6 is 11.3 Å². The molecule has 0 atom stereocenters. The lowest BCUT2D eigenvalue weighted by atomic mass is 10.2. The standard InChI is InChI=1S/C27H24N2O4S/c1-31-22-12-10-21(11-13-22)23-18-34-27(28-23)29-26(30)15-9-19-8-14-24(25(16-19)32-2)33-17-20-6-4-3-5-7-20/h3-16,18H,17H2,1-2H3,(H,28,29,30). The fourth-order valence-corrected chi connectivity index (χ4v) is 3.91. The van der Waals surface area contributed by atoms with E-state index in [2.05, 4.69) is 10.3 Å². The van der Waals surface area contributed by atoms with Gasteiger partial charge in [-0.15, -0.1) is 11.3 Å². The number of nitrogens with one attached hydrogen (secondary N) is 1. The first-order chi connectivity index (χ1) is 16.6. The second-order valence-corrected chi connectivity index (χ2v) is 8.13. The fraction of sp³-hybridized carbons (Fsp3) is 0.111. The van der Waals surface area contributed by atoms with E-state index in [0.29, 0.717) is 23.2 Å². The van der Waals surface area contributed by atoms with E-state index in [1.165, 1.54) is 17.4 Å². The first kappa shape index (κ1) is 23.1. The molecule has 0 radical (unpaired) electrons. The van der Waals surface area contributed by atoms with E-state index in [4.69, 9.17) is 14.2 Å². The molecule has 0 aliphatic rings. The molecule has 4 aromatic rings. The van der Waals surface area contributed by atoms with E-state index in [1.54, 1.807) is 20.3 Å². The summed E-state index contributed by atoms with van der Waals surface area (Å²) in [6.07, 6.45) is 3.19. The fourth-order valence-electron chi connectivity index (χ4n) is 3.19. The number of anilines is 1. The molecule has 0 aliphatic heterocycles. The smallest absolute Gasteiger partial charge is 0.250 e. The van der Waals surface area contributed by atoms with Gasteiger partial charge in [-0.05, 0) is 53.6 Å². The summed E-state index contributed by atoms with van der Waals surface area (Å²) < 4.78 is 16.5. The van der Waals surface area contributed by atoms with Crippen molar-refractivity contribution in [1.82, 2.24) is 4.98 Å². The van der Waals surface area contributed by atoms with Crippen molar-refractivity contribution in [3.05, 3.63) is 95.4 Å². The van der Waals surface area contributed by atoms with Crippen LogP contribution in [0.15, 0.2) is 84.3 Å². The van der Waals surface area contributed by atoms with Crippen molar-refractivity contribution in [2.75, 3.05) is 19.5 Å². The van der Waals surface area contributed by atoms with Gasteiger partial charge in [0.05, 0.1) is 19.9 Å². The van der Waals surface area contributed by atoms with Crippen molar-refractivity contribution in [3.63, 3.8) is 0 Å². The number of benzene rings is 3. The van der Waals surface area contributed by atoms with Crippen LogP contribution in [0.4, 0.5) is 5.13 Å². The summed E-state index contributed by atoms with van der Waals surface area (Å²) in [5.74, 6) is 1.76. The molecule has 0 spiro atoms. The van der Waals surface area contributed by atoms with Gasteiger partial charge in [-0.1, -0.05) is 36.4 Å². The molecule has 1 aromatic heterocycles. The van der Waals surface area contributed by atoms with Gasteiger partial charge >= 0.3 is 0 Å². The van der Waals surface area contributed by atoms with Crippen LogP contribution in [0.3, 0.4) is 0 Å². The Kier molecular flexibility index (Phi) is 7.57. The lowest BCUT2D eigenvalue weighted by molar-refractivity contribution is -0.111. The van der Waals surface area contributed by atoms with E-state index >= 15 is 0 Å². The number of ether oxygens (including phenoxy) is 3. The predicted octanol–water partition coefficient (Wildman–Crippen LogP) is 6.06. The Morgan fingerprint density at radius 3 is 2.50 bits per heavy atom. The normalized spacial score (nSPS) is 10.8. The first-order valence-corrected chi connectivity index (χ1v) is 11.5. The van der Waals surface area contributed by atoms with E-state index < -0.39 is 0 Å². The Labute approximate surface area is 202 Å². The minimum absolute atomic E-state index is 0.265. The maximum atomic E-state index is 12.4. The molecule has 1 N–H and O–H groups in total. The molecule has 1 heterocycles. The second-order valence-electron chi connectivity index (χ2n) is 7.27. The van der Waals surface area contributed by atoms with Crippen molar-refractivity contribution in [2.24, 2.45) is 0 Å². The van der Waals surface area contributed by atoms with Crippen LogP contribution in [0, 0.1) is 0 Å². The van der Waals surface area contributed by atoms with Crippen molar-refractivity contribution in [2.45, 2.75) is 6.61 Å². The van der Waals surface area contributed by atoms with Gasteiger partial charge in [-0.2, -0.15) is 0 Å². The average Bonchev–Trinajstić information content (AvgIpc) is 3.35. The van der Waals surface area contributed by atoms with Crippen LogP contribution in [0.1, 0.15) is 11.1 Å². The summed E-state index contributed by atoms with van der Waals surface area (Å²) in [6.45, 7) is 0.446. The molecule has 0 saturated carbocycles. The quantitative estimate of drug-likeness (QED) is 0.300. The largest absolute Gasteiger partial charge is 0.497 e. The van der Waals surface area contributed by atoms with Crippen LogP contribution in [-0.4, -0.2) is 25.1 Å². The van der Waals surface area contributed by atoms with E-state index in [9.17, 15) is 4.79 Å². The van der Waals surface area contributed by atoms with Gasteiger partial charge in [0.25, 0.3) is 0 Å². The Morgan fingerprint density at radius 1 is 0.971 bits per heavy atom. The van der Waals surface area contributed by atoms with Crippen LogP contribution in [0.25, 0.3) is 17.3 Å². The molecule has 4 rings (SSSR count). The first-order valence-electron chi connectivity index (χ1n) is 10.6. The van der Waals surface area contributed by atoms with Crippen LogP contribution in [0.2, 0.25) is 0 Å². The van der Waals surface area contributed by atoms with Crippen molar-refractivity contribution < 1.29 is 19.0 Å². The number of rotatable bonds is 9. The van der Waals surface area contributed by atoms with Crippen molar-refractivity contribution >= 4 is 28.5 Å². The Hall–Kier alpha value is -4.10. The molecule has 7 heteroatoms. The van der Waals surface area contributed by atoms with E-state index in [0.717, 1.165) is 28.1 Å². The van der Waals surface area contributed by atoms with Gasteiger partial charge in [-0.25, -0.2) is 4.98 Å². The second kappa shape index (κ2) is 11.2. The summed E-state index contributed by atoms with van der Waals surface area (Å²) in [5, 5.41) is 5.24. The Balaban J connectivity index is 1.36. The molecule has 6 nitrogen and oxygen atoms in total. The van der Waals surface area contributed by atoms with Crippen LogP contribution < -0.4 is 19.5 Å². The predicted molar refractivity (Wildman–Crippen MR) is 136 cm³/mol. The van der Waals surface area contributed by atoms with Crippen LogP contribution in [-0.2, 0) is 11.4 Å². The number of nitrogens with zero attached hydrogens (tertiary/aromatic N) is 1. The SMILES string of the molecule is COc1ccc(-c2csc(NC(=O)C=Cc3ccc(OCc4ccccc4)c(OC)c3)n2)cc1. The summed E-state index contributed by atoms with van der Waals surface area (Å²) in [6, 6.07) is 23.1. The highest BCUT2D eigenvalue weighted by Crippen LogP contribution is 2.30. The number of carbonyl (C=O) groups is 1. The number of amides is 1. The molecule has 0 unspecified atom stereocenters. The Morgan fingerprint density at radius 2 is 1.76 bits per heavy atom. The van der Waals surface area contributed by atoms with Gasteiger partial charge in [-0.3, -0.25) is 10.1 Å². The molecule has 3 aromatic carbocycles.